The summed E-state index contributed by atoms with van der Waals surface area (Å²) in [4.78, 5) is 15.7. The monoisotopic (exact) mass is 560 g/mol. The van der Waals surface area contributed by atoms with Gasteiger partial charge in [-0.2, -0.15) is 9.97 Å². The molecule has 0 unspecified atom stereocenters. The highest BCUT2D eigenvalue weighted by atomic mass is 19.1. The molecule has 212 valence electrons. The second-order valence-electron chi connectivity index (χ2n) is 10.7. The molecule has 1 aliphatic carbocycles. The van der Waals surface area contributed by atoms with Crippen molar-refractivity contribution in [1.29, 1.82) is 0 Å². The van der Waals surface area contributed by atoms with Gasteiger partial charge in [0, 0.05) is 42.8 Å². The Bertz CT molecular complexity index is 1660. The average Bonchev–Trinajstić information content (AvgIpc) is 3.79. The molecule has 3 heterocycles. The van der Waals surface area contributed by atoms with Crippen LogP contribution in [0.25, 0.3) is 32.9 Å². The van der Waals surface area contributed by atoms with E-state index >= 15 is 4.39 Å². The fourth-order valence-electron chi connectivity index (χ4n) is 5.31. The van der Waals surface area contributed by atoms with Gasteiger partial charge in [0.2, 0.25) is 0 Å². The number of aliphatic hydroxyl groups excluding tert-OH is 1. The summed E-state index contributed by atoms with van der Waals surface area (Å²) in [6.45, 7) is 1.74. The number of ether oxygens (including phenoxy) is 3. The minimum Gasteiger partial charge on any atom is -0.468 e. The van der Waals surface area contributed by atoms with Crippen LogP contribution in [-0.2, 0) is 4.74 Å². The van der Waals surface area contributed by atoms with Gasteiger partial charge in [-0.15, -0.1) is 6.42 Å². The molecule has 1 aliphatic heterocycles. The normalized spacial score (nSPS) is 16.1. The van der Waals surface area contributed by atoms with Gasteiger partial charge in [0.25, 0.3) is 0 Å². The maximum Gasteiger partial charge on any atom is 0.319 e. The number of terminal acetylenes is 1. The van der Waals surface area contributed by atoms with E-state index in [1.165, 1.54) is 13.2 Å². The molecule has 8 nitrogen and oxygen atoms in total. The van der Waals surface area contributed by atoms with Gasteiger partial charge in [-0.1, -0.05) is 12.0 Å². The van der Waals surface area contributed by atoms with Crippen LogP contribution in [0, 0.1) is 29.4 Å². The van der Waals surface area contributed by atoms with E-state index in [1.54, 1.807) is 24.4 Å². The molecule has 2 aliphatic rings. The molecule has 0 spiro atoms. The minimum absolute atomic E-state index is 0.00320. The number of piperidine rings is 1. The van der Waals surface area contributed by atoms with Crippen molar-refractivity contribution in [3.05, 3.63) is 47.7 Å². The molecular formula is C31H30F2N4O4. The lowest BCUT2D eigenvalue weighted by Gasteiger charge is -2.29. The summed E-state index contributed by atoms with van der Waals surface area (Å²) in [6, 6.07) is 6.12. The highest BCUT2D eigenvalue weighted by Crippen LogP contribution is 2.45. The van der Waals surface area contributed by atoms with Crippen molar-refractivity contribution in [2.45, 2.75) is 32.1 Å². The Kier molecular flexibility index (Phi) is 7.32. The first-order valence-electron chi connectivity index (χ1n) is 13.7. The quantitative estimate of drug-likeness (QED) is 0.220. The number of aliphatic hydroxyl groups is 1. The van der Waals surface area contributed by atoms with Gasteiger partial charge in [-0.05, 0) is 55.7 Å². The third kappa shape index (κ3) is 5.11. The maximum absolute atomic E-state index is 16.6. The largest absolute Gasteiger partial charge is 0.468 e. The summed E-state index contributed by atoms with van der Waals surface area (Å²) < 4.78 is 48.1. The van der Waals surface area contributed by atoms with Crippen LogP contribution in [0.1, 0.15) is 37.7 Å². The number of hydrogen-bond acceptors (Lipinski definition) is 8. The number of rotatable bonds is 9. The zero-order chi connectivity index (χ0) is 28.6. The second-order valence-corrected chi connectivity index (χ2v) is 10.7. The molecule has 10 heteroatoms. The number of methoxy groups -OCH3 is 1. The van der Waals surface area contributed by atoms with Gasteiger partial charge in [0.15, 0.2) is 12.6 Å². The lowest BCUT2D eigenvalue weighted by molar-refractivity contribution is 0.0512. The van der Waals surface area contributed by atoms with E-state index < -0.39 is 11.6 Å². The average molecular weight is 561 g/mol. The van der Waals surface area contributed by atoms with Gasteiger partial charge >= 0.3 is 6.01 Å². The van der Waals surface area contributed by atoms with Gasteiger partial charge < -0.3 is 24.2 Å². The van der Waals surface area contributed by atoms with Crippen molar-refractivity contribution in [1.82, 2.24) is 15.0 Å². The van der Waals surface area contributed by atoms with E-state index in [9.17, 15) is 9.50 Å². The Balaban J connectivity index is 1.55. The SMILES string of the molecule is C#Cc1c(F)ccc2cc(OCOC)cc(-c3ncc4c(N5CCCCC5)nc(OCC5(CO)CC5)nc4c3F)c12. The zero-order valence-electron chi connectivity index (χ0n) is 22.8. The lowest BCUT2D eigenvalue weighted by atomic mass is 9.95. The summed E-state index contributed by atoms with van der Waals surface area (Å²) in [7, 11) is 1.49. The molecule has 0 radical (unpaired) electrons. The van der Waals surface area contributed by atoms with E-state index in [4.69, 9.17) is 20.6 Å². The summed E-state index contributed by atoms with van der Waals surface area (Å²) >= 11 is 0. The Morgan fingerprint density at radius 3 is 2.61 bits per heavy atom. The molecule has 41 heavy (non-hydrogen) atoms. The van der Waals surface area contributed by atoms with E-state index in [0.29, 0.717) is 27.7 Å². The van der Waals surface area contributed by atoms with Gasteiger partial charge in [-0.3, -0.25) is 4.98 Å². The molecule has 6 rings (SSSR count). The Labute approximate surface area is 236 Å². The van der Waals surface area contributed by atoms with Crippen LogP contribution in [-0.4, -0.2) is 60.3 Å². The highest BCUT2D eigenvalue weighted by molar-refractivity contribution is 6.03. The number of benzene rings is 2. The number of hydrogen-bond donors (Lipinski definition) is 1. The molecule has 2 aromatic heterocycles. The topological polar surface area (TPSA) is 89.8 Å². The molecular weight excluding hydrogens is 530 g/mol. The van der Waals surface area contributed by atoms with Gasteiger partial charge in [-0.25, -0.2) is 8.78 Å². The van der Waals surface area contributed by atoms with Gasteiger partial charge in [0.05, 0.1) is 24.2 Å². The maximum atomic E-state index is 16.6. The number of aromatic nitrogens is 3. The summed E-state index contributed by atoms with van der Waals surface area (Å²) in [6.07, 6.45) is 12.0. The highest BCUT2D eigenvalue weighted by Gasteiger charge is 2.43. The van der Waals surface area contributed by atoms with Crippen molar-refractivity contribution in [2.24, 2.45) is 5.41 Å². The number of pyridine rings is 1. The Morgan fingerprint density at radius 1 is 1.10 bits per heavy atom. The Morgan fingerprint density at radius 2 is 1.90 bits per heavy atom. The number of nitrogens with zero attached hydrogens (tertiary/aromatic N) is 4. The first-order chi connectivity index (χ1) is 20.0. The molecule has 1 saturated carbocycles. The molecule has 1 saturated heterocycles. The fraction of sp³-hybridized carbons (Fsp3) is 0.387. The van der Waals surface area contributed by atoms with Crippen molar-refractivity contribution in [3.8, 4) is 35.4 Å². The van der Waals surface area contributed by atoms with E-state index in [2.05, 4.69) is 25.8 Å². The number of anilines is 1. The molecule has 0 atom stereocenters. The molecule has 0 bridgehead atoms. The molecule has 2 aromatic carbocycles. The third-order valence-corrected chi connectivity index (χ3v) is 7.88. The molecule has 2 fully saturated rings. The predicted molar refractivity (Wildman–Crippen MR) is 151 cm³/mol. The van der Waals surface area contributed by atoms with Crippen molar-refractivity contribution in [2.75, 3.05) is 45.1 Å². The van der Waals surface area contributed by atoms with Crippen molar-refractivity contribution in [3.63, 3.8) is 0 Å². The summed E-state index contributed by atoms with van der Waals surface area (Å²) in [5.74, 6) is 2.02. The Hall–Kier alpha value is -4.07. The second kappa shape index (κ2) is 11.1. The summed E-state index contributed by atoms with van der Waals surface area (Å²) in [5.41, 5.74) is -0.0713. The molecule has 1 N–H and O–H groups in total. The molecule has 4 aromatic rings. The van der Waals surface area contributed by atoms with E-state index in [-0.39, 0.29) is 53.8 Å². The predicted octanol–water partition coefficient (Wildman–Crippen LogP) is 5.23. The van der Waals surface area contributed by atoms with Crippen LogP contribution < -0.4 is 14.4 Å². The van der Waals surface area contributed by atoms with E-state index in [0.717, 1.165) is 45.2 Å². The third-order valence-electron chi connectivity index (χ3n) is 7.88. The standard InChI is InChI=1S/C31H30F2N4O4/c1-3-21-24(32)8-7-19-13-20(41-18-39-2)14-22(25(19)21)27-26(33)28-23(15-34-27)29(37-11-5-4-6-12-37)36-30(35-28)40-17-31(16-38)9-10-31/h1,7-8,13-15,38H,4-6,9-12,16-18H2,2H3. The minimum atomic E-state index is -0.714. The van der Waals surface area contributed by atoms with Crippen LogP contribution in [0.15, 0.2) is 30.5 Å². The van der Waals surface area contributed by atoms with Crippen LogP contribution in [0.2, 0.25) is 0 Å². The first kappa shape index (κ1) is 27.1. The molecule has 0 amide bonds. The fourth-order valence-corrected chi connectivity index (χ4v) is 5.31. The van der Waals surface area contributed by atoms with Crippen molar-refractivity contribution >= 4 is 27.5 Å². The van der Waals surface area contributed by atoms with Crippen LogP contribution in [0.5, 0.6) is 11.8 Å². The zero-order valence-corrected chi connectivity index (χ0v) is 22.8. The van der Waals surface area contributed by atoms with E-state index in [1.807, 2.05) is 0 Å². The van der Waals surface area contributed by atoms with Gasteiger partial charge in [0.1, 0.15) is 28.6 Å². The first-order valence-corrected chi connectivity index (χ1v) is 13.7. The number of halogens is 2. The van der Waals surface area contributed by atoms with Crippen molar-refractivity contribution < 1.29 is 28.1 Å². The van der Waals surface area contributed by atoms with Crippen LogP contribution in [0.3, 0.4) is 0 Å². The smallest absolute Gasteiger partial charge is 0.319 e. The van der Waals surface area contributed by atoms with Crippen LogP contribution in [0.4, 0.5) is 14.6 Å². The van der Waals surface area contributed by atoms with Crippen LogP contribution >= 0.6 is 0 Å². The summed E-state index contributed by atoms with van der Waals surface area (Å²) in [5, 5.41) is 11.1. The number of fused-ring (bicyclic) bond motifs is 2. The lowest BCUT2D eigenvalue weighted by Crippen LogP contribution is -2.30.